The van der Waals surface area contributed by atoms with E-state index in [0.717, 1.165) is 5.56 Å². The largest absolute Gasteiger partial charge is 0.408 e. The van der Waals surface area contributed by atoms with Crippen molar-refractivity contribution in [1.82, 2.24) is 0 Å². The van der Waals surface area contributed by atoms with Gasteiger partial charge in [0.1, 0.15) is 11.9 Å². The lowest BCUT2D eigenvalue weighted by Gasteiger charge is -1.95. The molecule has 0 bridgehead atoms. The van der Waals surface area contributed by atoms with Gasteiger partial charge in [0.2, 0.25) is 0 Å². The Hall–Kier alpha value is -1.86. The van der Waals surface area contributed by atoms with Crippen molar-refractivity contribution in [3.8, 4) is 30.6 Å². The van der Waals surface area contributed by atoms with E-state index in [-0.39, 0.29) is 1.43 Å². The topological polar surface area (TPSA) is 9.23 Å². The van der Waals surface area contributed by atoms with E-state index < -0.39 is 0 Å². The van der Waals surface area contributed by atoms with Gasteiger partial charge in [0, 0.05) is 6.99 Å². The molecule has 0 saturated heterocycles. The van der Waals surface area contributed by atoms with Crippen LogP contribution in [0.3, 0.4) is 0 Å². The third-order valence-electron chi connectivity index (χ3n) is 1.18. The maximum Gasteiger partial charge on any atom is 0.141 e. The number of benzene rings is 1. The Balaban J connectivity index is 0.00000121. The molecule has 0 amide bonds. The van der Waals surface area contributed by atoms with Gasteiger partial charge in [-0.2, -0.15) is 0 Å². The van der Waals surface area contributed by atoms with E-state index in [9.17, 15) is 0 Å². The first kappa shape index (κ1) is 7.25. The van der Waals surface area contributed by atoms with Gasteiger partial charge in [0.15, 0.2) is 0 Å². The summed E-state index contributed by atoms with van der Waals surface area (Å²) < 4.78 is 4.78. The van der Waals surface area contributed by atoms with Gasteiger partial charge in [-0.3, -0.25) is 0 Å². The molecule has 0 aliphatic heterocycles. The molecule has 0 unspecified atom stereocenters. The first-order valence-corrected chi connectivity index (χ1v) is 3.06. The fourth-order valence-electron chi connectivity index (χ4n) is 0.717. The molecule has 0 spiro atoms. The van der Waals surface area contributed by atoms with Crippen LogP contribution in [0.4, 0.5) is 0 Å². The molecule has 1 radical (unpaired) electrons. The summed E-state index contributed by atoms with van der Waals surface area (Å²) in [7, 11) is 0. The van der Waals surface area contributed by atoms with Gasteiger partial charge in [0.05, 0.1) is 0 Å². The van der Waals surface area contributed by atoms with Crippen molar-refractivity contribution in [1.29, 1.82) is 0 Å². The Labute approximate surface area is 67.5 Å². The molecule has 1 nitrogen and oxygen atoms in total. The highest BCUT2D eigenvalue weighted by molar-refractivity contribution is 5.38. The molecule has 53 valence electrons. The zero-order valence-corrected chi connectivity index (χ0v) is 5.87. The van der Waals surface area contributed by atoms with Crippen LogP contribution in [0.2, 0.25) is 0 Å². The van der Waals surface area contributed by atoms with Crippen LogP contribution in [-0.2, 0) is 0 Å². The highest BCUT2D eigenvalue weighted by atomic mass is 16.5. The molecule has 1 rings (SSSR count). The zero-order valence-electron chi connectivity index (χ0n) is 6.87. The van der Waals surface area contributed by atoms with Crippen LogP contribution in [0.5, 0.6) is 5.75 Å². The second-order valence-corrected chi connectivity index (χ2v) is 1.89. The van der Waals surface area contributed by atoms with Crippen LogP contribution in [0.1, 0.15) is 6.99 Å². The molecular formula is C10H7O. The monoisotopic (exact) mass is 143 g/mol. The summed E-state index contributed by atoms with van der Waals surface area (Å²) in [6.45, 7) is 0. The minimum Gasteiger partial charge on any atom is -0.408 e. The van der Waals surface area contributed by atoms with E-state index in [1.165, 1.54) is 0 Å². The van der Waals surface area contributed by atoms with Crippen molar-refractivity contribution in [2.75, 3.05) is 0 Å². The second kappa shape index (κ2) is 3.34. The van der Waals surface area contributed by atoms with Crippen LogP contribution in [0, 0.1) is 24.9 Å². The third kappa shape index (κ3) is 1.78. The summed E-state index contributed by atoms with van der Waals surface area (Å²) in [5.74, 6) is 3.08. The normalized spacial score (nSPS) is 7.82. The summed E-state index contributed by atoms with van der Waals surface area (Å²) >= 11 is 0. The molecule has 1 aromatic rings. The predicted molar refractivity (Wildman–Crippen MR) is 45.0 cm³/mol. The van der Waals surface area contributed by atoms with Crippen LogP contribution < -0.4 is 4.74 Å². The number of ether oxygens (including phenoxy) is 1. The maximum atomic E-state index is 5.16. The zero-order chi connectivity index (χ0) is 8.10. The van der Waals surface area contributed by atoms with Gasteiger partial charge in [0.25, 0.3) is 0 Å². The molecule has 0 N–H and O–H groups in total. The Morgan fingerprint density at radius 3 is 2.82 bits per heavy atom. The summed E-state index contributed by atoms with van der Waals surface area (Å²) in [6, 6.07) is 7.06. The molecule has 0 aromatic heterocycles. The Morgan fingerprint density at radius 2 is 2.18 bits per heavy atom. The molecule has 0 aliphatic carbocycles. The van der Waals surface area contributed by atoms with Gasteiger partial charge in [-0.05, 0) is 18.2 Å². The molecule has 1 heteroatoms. The fourth-order valence-corrected chi connectivity index (χ4v) is 0.717. The SMILES string of the molecule is C#COc1cccc(C#C)c1.[H]. The van der Waals surface area contributed by atoms with Gasteiger partial charge in [-0.1, -0.05) is 18.4 Å². The van der Waals surface area contributed by atoms with Crippen LogP contribution >= 0.6 is 0 Å². The summed E-state index contributed by atoms with van der Waals surface area (Å²) in [5.41, 5.74) is 0.762. The standard InChI is InChI=1S/C10H6O.H/c1-3-9-6-5-7-10(8-9)11-4-2;/h1-2,5-8H;. The summed E-state index contributed by atoms with van der Waals surface area (Å²) in [4.78, 5) is 0. The molecule has 0 saturated carbocycles. The Kier molecular flexibility index (Phi) is 2.20. The summed E-state index contributed by atoms with van der Waals surface area (Å²) in [5, 5.41) is 0. The highest BCUT2D eigenvalue weighted by Gasteiger charge is 1.90. The lowest BCUT2D eigenvalue weighted by atomic mass is 10.2. The smallest absolute Gasteiger partial charge is 0.141 e. The van der Waals surface area contributed by atoms with Crippen molar-refractivity contribution in [3.63, 3.8) is 0 Å². The third-order valence-corrected chi connectivity index (χ3v) is 1.18. The lowest BCUT2D eigenvalue weighted by Crippen LogP contribution is -1.81. The number of hydrogen-bond acceptors (Lipinski definition) is 1. The number of hydrogen-bond donors (Lipinski definition) is 0. The van der Waals surface area contributed by atoms with E-state index in [1.54, 1.807) is 18.2 Å². The maximum absolute atomic E-state index is 5.16. The minimum atomic E-state index is 0. The molecule has 11 heavy (non-hydrogen) atoms. The molecule has 1 aromatic carbocycles. The first-order chi connectivity index (χ1) is 5.36. The van der Waals surface area contributed by atoms with Crippen LogP contribution in [-0.4, -0.2) is 0 Å². The van der Waals surface area contributed by atoms with Gasteiger partial charge < -0.3 is 4.74 Å². The molecule has 0 heterocycles. The quantitative estimate of drug-likeness (QED) is 0.544. The average molecular weight is 143 g/mol. The van der Waals surface area contributed by atoms with Gasteiger partial charge in [-0.25, -0.2) is 0 Å². The van der Waals surface area contributed by atoms with Crippen molar-refractivity contribution in [2.24, 2.45) is 0 Å². The Morgan fingerprint density at radius 1 is 1.36 bits per heavy atom. The van der Waals surface area contributed by atoms with Gasteiger partial charge >= 0.3 is 0 Å². The summed E-state index contributed by atoms with van der Waals surface area (Å²) in [6.07, 6.45) is 12.2. The van der Waals surface area contributed by atoms with Crippen molar-refractivity contribution in [3.05, 3.63) is 29.8 Å². The van der Waals surface area contributed by atoms with Crippen molar-refractivity contribution in [2.45, 2.75) is 0 Å². The molecule has 0 atom stereocenters. The molecular weight excluding hydrogens is 136 g/mol. The van der Waals surface area contributed by atoms with E-state index >= 15 is 0 Å². The Bertz CT molecular complexity index is 330. The second-order valence-electron chi connectivity index (χ2n) is 1.89. The minimum absolute atomic E-state index is 0. The first-order valence-electron chi connectivity index (χ1n) is 3.06. The van der Waals surface area contributed by atoms with Crippen LogP contribution in [0.15, 0.2) is 24.3 Å². The van der Waals surface area contributed by atoms with Crippen molar-refractivity contribution >= 4 is 0 Å². The van der Waals surface area contributed by atoms with Gasteiger partial charge in [-0.15, -0.1) is 6.42 Å². The molecule has 0 fully saturated rings. The highest BCUT2D eigenvalue weighted by Crippen LogP contribution is 2.11. The fraction of sp³-hybridized carbons (Fsp3) is 0. The van der Waals surface area contributed by atoms with Crippen LogP contribution in [0.25, 0.3) is 0 Å². The molecule has 0 aliphatic rings. The van der Waals surface area contributed by atoms with Crippen molar-refractivity contribution < 1.29 is 6.16 Å². The van der Waals surface area contributed by atoms with E-state index in [0.29, 0.717) is 5.75 Å². The van der Waals surface area contributed by atoms with E-state index in [2.05, 4.69) is 12.0 Å². The average Bonchev–Trinajstić information content (AvgIpc) is 2.06. The number of terminal acetylenes is 2. The predicted octanol–water partition coefficient (Wildman–Crippen LogP) is 1.75. The lowest BCUT2D eigenvalue weighted by molar-refractivity contribution is 0.520. The van der Waals surface area contributed by atoms with E-state index in [1.807, 2.05) is 6.07 Å². The number of rotatable bonds is 1. The van der Waals surface area contributed by atoms with E-state index in [4.69, 9.17) is 17.6 Å².